The largest absolute Gasteiger partial charge is 0.440 e. The van der Waals surface area contributed by atoms with Crippen LogP contribution in [0.25, 0.3) is 0 Å². The highest BCUT2D eigenvalue weighted by Gasteiger charge is 2.04. The Morgan fingerprint density at radius 2 is 2.20 bits per heavy atom. The maximum atomic E-state index is 11.7. The van der Waals surface area contributed by atoms with Crippen molar-refractivity contribution in [3.8, 4) is 6.07 Å². The maximum absolute atomic E-state index is 11.7. The molecule has 5 nitrogen and oxygen atoms in total. The Bertz CT molecular complexity index is 588. The maximum Gasteiger partial charge on any atom is 0.255 e. The Labute approximate surface area is 121 Å². The third kappa shape index (κ3) is 4.44. The van der Waals surface area contributed by atoms with Crippen molar-refractivity contribution in [2.24, 2.45) is 0 Å². The Morgan fingerprint density at radius 3 is 2.85 bits per heavy atom. The predicted molar refractivity (Wildman–Crippen MR) is 76.2 cm³/mol. The molecular formula is C14H13N3O2S. The zero-order valence-electron chi connectivity index (χ0n) is 10.7. The fraction of sp³-hybridized carbons (Fsp3) is 0.214. The predicted octanol–water partition coefficient (Wildman–Crippen LogP) is 3.06. The van der Waals surface area contributed by atoms with Gasteiger partial charge in [0.05, 0.1) is 17.8 Å². The van der Waals surface area contributed by atoms with Crippen LogP contribution in [0.15, 0.2) is 46.4 Å². The van der Waals surface area contributed by atoms with Gasteiger partial charge >= 0.3 is 0 Å². The van der Waals surface area contributed by atoms with E-state index in [0.717, 1.165) is 12.2 Å². The van der Waals surface area contributed by atoms with E-state index in [1.54, 1.807) is 30.5 Å². The monoisotopic (exact) mass is 287 g/mol. The van der Waals surface area contributed by atoms with Gasteiger partial charge < -0.3 is 9.73 Å². The first-order chi connectivity index (χ1) is 9.78. The van der Waals surface area contributed by atoms with Crippen molar-refractivity contribution in [1.82, 2.24) is 4.98 Å². The number of oxazole rings is 1. The van der Waals surface area contributed by atoms with Crippen LogP contribution in [0.3, 0.4) is 0 Å². The van der Waals surface area contributed by atoms with E-state index in [2.05, 4.69) is 10.3 Å². The number of nitriles is 1. The summed E-state index contributed by atoms with van der Waals surface area (Å²) in [6.07, 6.45) is 4.31. The lowest BCUT2D eigenvalue weighted by atomic mass is 10.2. The molecule has 2 rings (SSSR count). The summed E-state index contributed by atoms with van der Waals surface area (Å²) in [4.78, 5) is 15.7. The zero-order valence-corrected chi connectivity index (χ0v) is 11.5. The minimum atomic E-state index is -0.0392. The van der Waals surface area contributed by atoms with Crippen LogP contribution in [0.1, 0.15) is 18.4 Å². The van der Waals surface area contributed by atoms with Crippen molar-refractivity contribution in [3.63, 3.8) is 0 Å². The number of hydrogen-bond acceptors (Lipinski definition) is 5. The SMILES string of the molecule is N#Cc1ccc(NC(=O)CCCSc2ncco2)cc1. The first-order valence-corrected chi connectivity index (χ1v) is 7.09. The van der Waals surface area contributed by atoms with Gasteiger partial charge in [0, 0.05) is 17.9 Å². The first kappa shape index (κ1) is 14.2. The van der Waals surface area contributed by atoms with Crippen LogP contribution < -0.4 is 5.32 Å². The molecular weight excluding hydrogens is 274 g/mol. The summed E-state index contributed by atoms with van der Waals surface area (Å²) < 4.78 is 5.08. The quantitative estimate of drug-likeness (QED) is 0.652. The topological polar surface area (TPSA) is 78.9 Å². The van der Waals surface area contributed by atoms with E-state index in [1.165, 1.54) is 18.0 Å². The van der Waals surface area contributed by atoms with E-state index in [0.29, 0.717) is 22.9 Å². The lowest BCUT2D eigenvalue weighted by Crippen LogP contribution is -2.11. The summed E-state index contributed by atoms with van der Waals surface area (Å²) in [6, 6.07) is 8.82. The lowest BCUT2D eigenvalue weighted by molar-refractivity contribution is -0.116. The molecule has 1 heterocycles. The highest BCUT2D eigenvalue weighted by molar-refractivity contribution is 7.99. The van der Waals surface area contributed by atoms with Crippen molar-refractivity contribution in [1.29, 1.82) is 5.26 Å². The molecule has 0 radical (unpaired) electrons. The highest BCUT2D eigenvalue weighted by Crippen LogP contribution is 2.16. The minimum Gasteiger partial charge on any atom is -0.440 e. The van der Waals surface area contributed by atoms with Gasteiger partial charge in [0.25, 0.3) is 5.22 Å². The normalized spacial score (nSPS) is 9.95. The van der Waals surface area contributed by atoms with E-state index in [4.69, 9.17) is 9.68 Å². The van der Waals surface area contributed by atoms with Crippen LogP contribution in [-0.4, -0.2) is 16.6 Å². The van der Waals surface area contributed by atoms with E-state index in [-0.39, 0.29) is 5.91 Å². The van der Waals surface area contributed by atoms with Crippen LogP contribution in [0.2, 0.25) is 0 Å². The lowest BCUT2D eigenvalue weighted by Gasteiger charge is -2.04. The molecule has 0 unspecified atom stereocenters. The number of anilines is 1. The van der Waals surface area contributed by atoms with Crippen molar-refractivity contribution in [2.75, 3.05) is 11.1 Å². The van der Waals surface area contributed by atoms with Crippen molar-refractivity contribution in [2.45, 2.75) is 18.1 Å². The second kappa shape index (κ2) is 7.36. The Hall–Kier alpha value is -2.26. The number of hydrogen-bond donors (Lipinski definition) is 1. The number of carbonyl (C=O) groups excluding carboxylic acids is 1. The average Bonchev–Trinajstić information content (AvgIpc) is 2.98. The molecule has 1 aromatic carbocycles. The number of benzene rings is 1. The molecule has 102 valence electrons. The fourth-order valence-electron chi connectivity index (χ4n) is 1.53. The van der Waals surface area contributed by atoms with E-state index >= 15 is 0 Å². The number of thioether (sulfide) groups is 1. The molecule has 0 saturated heterocycles. The second-order valence-electron chi connectivity index (χ2n) is 3.99. The van der Waals surface area contributed by atoms with Gasteiger partial charge in [-0.3, -0.25) is 4.79 Å². The van der Waals surface area contributed by atoms with Gasteiger partial charge in [-0.2, -0.15) is 5.26 Å². The van der Waals surface area contributed by atoms with Crippen LogP contribution in [0, 0.1) is 11.3 Å². The van der Waals surface area contributed by atoms with Crippen LogP contribution >= 0.6 is 11.8 Å². The molecule has 0 aliphatic heterocycles. The Kier molecular flexibility index (Phi) is 5.21. The van der Waals surface area contributed by atoms with Crippen LogP contribution in [0.4, 0.5) is 5.69 Å². The van der Waals surface area contributed by atoms with E-state index in [9.17, 15) is 4.79 Å². The van der Waals surface area contributed by atoms with Crippen molar-refractivity contribution < 1.29 is 9.21 Å². The fourth-order valence-corrected chi connectivity index (χ4v) is 2.25. The summed E-state index contributed by atoms with van der Waals surface area (Å²) in [7, 11) is 0. The second-order valence-corrected chi connectivity index (χ2v) is 5.03. The number of rotatable bonds is 6. The number of amides is 1. The Balaban J connectivity index is 1.68. The molecule has 20 heavy (non-hydrogen) atoms. The third-order valence-electron chi connectivity index (χ3n) is 2.48. The molecule has 0 bridgehead atoms. The molecule has 1 amide bonds. The summed E-state index contributed by atoms with van der Waals surface area (Å²) in [5, 5.41) is 12.1. The standard InChI is InChI=1S/C14H13N3O2S/c15-10-11-3-5-12(6-4-11)17-13(18)2-1-9-20-14-16-7-8-19-14/h3-8H,1-2,9H2,(H,17,18). The number of nitrogens with zero attached hydrogens (tertiary/aromatic N) is 2. The highest BCUT2D eigenvalue weighted by atomic mass is 32.2. The van der Waals surface area contributed by atoms with E-state index < -0.39 is 0 Å². The molecule has 1 aromatic heterocycles. The average molecular weight is 287 g/mol. The summed E-state index contributed by atoms with van der Waals surface area (Å²) in [5.41, 5.74) is 1.28. The summed E-state index contributed by atoms with van der Waals surface area (Å²) in [5.74, 6) is 0.740. The van der Waals surface area contributed by atoms with Gasteiger partial charge in [-0.05, 0) is 30.7 Å². The molecule has 0 spiro atoms. The summed E-state index contributed by atoms with van der Waals surface area (Å²) >= 11 is 1.49. The molecule has 0 aliphatic rings. The molecule has 0 saturated carbocycles. The molecule has 0 atom stereocenters. The van der Waals surface area contributed by atoms with E-state index in [1.807, 2.05) is 6.07 Å². The number of aromatic nitrogens is 1. The van der Waals surface area contributed by atoms with Gasteiger partial charge in [-0.1, -0.05) is 11.8 Å². The first-order valence-electron chi connectivity index (χ1n) is 6.10. The van der Waals surface area contributed by atoms with Gasteiger partial charge in [-0.25, -0.2) is 4.98 Å². The molecule has 0 aliphatic carbocycles. The van der Waals surface area contributed by atoms with Gasteiger partial charge in [0.2, 0.25) is 5.91 Å². The molecule has 0 fully saturated rings. The number of nitrogens with one attached hydrogen (secondary N) is 1. The van der Waals surface area contributed by atoms with Crippen LogP contribution in [-0.2, 0) is 4.79 Å². The molecule has 2 aromatic rings. The van der Waals surface area contributed by atoms with Gasteiger partial charge in [-0.15, -0.1) is 0 Å². The smallest absolute Gasteiger partial charge is 0.255 e. The zero-order chi connectivity index (χ0) is 14.2. The summed E-state index contributed by atoms with van der Waals surface area (Å²) in [6.45, 7) is 0. The third-order valence-corrected chi connectivity index (χ3v) is 3.42. The van der Waals surface area contributed by atoms with Gasteiger partial charge in [0.15, 0.2) is 0 Å². The molecule has 1 N–H and O–H groups in total. The van der Waals surface area contributed by atoms with Gasteiger partial charge in [0.1, 0.15) is 6.26 Å². The number of carbonyl (C=O) groups is 1. The minimum absolute atomic E-state index is 0.0392. The molecule has 6 heteroatoms. The Morgan fingerprint density at radius 1 is 1.40 bits per heavy atom. The van der Waals surface area contributed by atoms with Crippen molar-refractivity contribution >= 4 is 23.4 Å². The van der Waals surface area contributed by atoms with Crippen LogP contribution in [0.5, 0.6) is 0 Å². The van der Waals surface area contributed by atoms with Crippen molar-refractivity contribution in [3.05, 3.63) is 42.3 Å².